The number of Topliss-reactive ketones (excluding diaryl/α,β-unsaturated/α-hetero) is 1. The van der Waals surface area contributed by atoms with Crippen LogP contribution in [0, 0.1) is 16.0 Å². The van der Waals surface area contributed by atoms with Gasteiger partial charge in [0, 0.05) is 28.1 Å². The third-order valence-electron chi connectivity index (χ3n) is 3.27. The van der Waals surface area contributed by atoms with Gasteiger partial charge in [-0.15, -0.1) is 0 Å². The lowest BCUT2D eigenvalue weighted by atomic mass is 9.92. The number of nitro groups is 1. The molecular formula is C16H14ClNO3. The number of hydrogen-bond acceptors (Lipinski definition) is 3. The van der Waals surface area contributed by atoms with Crippen LogP contribution in [0.4, 0.5) is 5.69 Å². The van der Waals surface area contributed by atoms with E-state index in [1.165, 1.54) is 12.1 Å². The van der Waals surface area contributed by atoms with Crippen LogP contribution in [0.3, 0.4) is 0 Å². The van der Waals surface area contributed by atoms with Gasteiger partial charge in [0.25, 0.3) is 5.69 Å². The van der Waals surface area contributed by atoms with E-state index in [2.05, 4.69) is 0 Å². The van der Waals surface area contributed by atoms with Crippen LogP contribution < -0.4 is 0 Å². The van der Waals surface area contributed by atoms with Gasteiger partial charge in [-0.3, -0.25) is 14.9 Å². The Morgan fingerprint density at radius 3 is 2.52 bits per heavy atom. The van der Waals surface area contributed by atoms with Gasteiger partial charge < -0.3 is 0 Å². The zero-order valence-electron chi connectivity index (χ0n) is 11.5. The molecule has 2 aromatic rings. The first-order chi connectivity index (χ1) is 9.99. The first-order valence-corrected chi connectivity index (χ1v) is 6.89. The summed E-state index contributed by atoms with van der Waals surface area (Å²) in [5, 5.41) is 11.5. The molecule has 0 aliphatic rings. The molecule has 1 atom stereocenters. The number of nitro benzene ring substituents is 1. The van der Waals surface area contributed by atoms with E-state index in [4.69, 9.17) is 11.6 Å². The predicted molar refractivity (Wildman–Crippen MR) is 81.7 cm³/mol. The summed E-state index contributed by atoms with van der Waals surface area (Å²) >= 11 is 5.89. The quantitative estimate of drug-likeness (QED) is 0.470. The number of benzene rings is 2. The Hall–Kier alpha value is -2.20. The summed E-state index contributed by atoms with van der Waals surface area (Å²) in [5.74, 6) is -0.394. The Morgan fingerprint density at radius 1 is 1.24 bits per heavy atom. The smallest absolute Gasteiger partial charge is 0.272 e. The van der Waals surface area contributed by atoms with Gasteiger partial charge in [0.1, 0.15) is 0 Å². The number of carbonyl (C=O) groups is 1. The molecule has 0 radical (unpaired) electrons. The lowest BCUT2D eigenvalue weighted by Crippen LogP contribution is -2.14. The van der Waals surface area contributed by atoms with Gasteiger partial charge in [0.15, 0.2) is 5.78 Å². The fraction of sp³-hybridized carbons (Fsp3) is 0.188. The van der Waals surface area contributed by atoms with Crippen molar-refractivity contribution in [2.24, 2.45) is 5.92 Å². The fourth-order valence-corrected chi connectivity index (χ4v) is 2.40. The van der Waals surface area contributed by atoms with Crippen molar-refractivity contribution >= 4 is 23.1 Å². The van der Waals surface area contributed by atoms with Crippen LogP contribution in [0.15, 0.2) is 48.5 Å². The number of ketones is 1. The van der Waals surface area contributed by atoms with Gasteiger partial charge >= 0.3 is 0 Å². The minimum absolute atomic E-state index is 0.00730. The van der Waals surface area contributed by atoms with Crippen LogP contribution in [0.2, 0.25) is 5.02 Å². The molecule has 0 heterocycles. The van der Waals surface area contributed by atoms with Crippen molar-refractivity contribution in [3.05, 3.63) is 74.8 Å². The van der Waals surface area contributed by atoms with Crippen molar-refractivity contribution in [1.29, 1.82) is 0 Å². The highest BCUT2D eigenvalue weighted by Crippen LogP contribution is 2.26. The number of rotatable bonds is 5. The number of hydrogen-bond donors (Lipinski definition) is 0. The Labute approximate surface area is 127 Å². The molecule has 0 aliphatic heterocycles. The van der Waals surface area contributed by atoms with Crippen molar-refractivity contribution in [3.63, 3.8) is 0 Å². The molecule has 21 heavy (non-hydrogen) atoms. The van der Waals surface area contributed by atoms with Crippen molar-refractivity contribution in [2.45, 2.75) is 13.3 Å². The molecule has 108 valence electrons. The summed E-state index contributed by atoms with van der Waals surface area (Å²) in [4.78, 5) is 22.9. The lowest BCUT2D eigenvalue weighted by molar-refractivity contribution is -0.385. The third-order valence-corrected chi connectivity index (χ3v) is 3.51. The van der Waals surface area contributed by atoms with Gasteiger partial charge in [-0.2, -0.15) is 0 Å². The normalized spacial score (nSPS) is 11.9. The molecule has 0 aliphatic carbocycles. The van der Waals surface area contributed by atoms with Crippen molar-refractivity contribution in [3.8, 4) is 0 Å². The zero-order chi connectivity index (χ0) is 15.4. The average Bonchev–Trinajstić information content (AvgIpc) is 2.47. The maximum absolute atomic E-state index is 12.3. The Balaban J connectivity index is 2.24. The molecule has 2 rings (SSSR count). The highest BCUT2D eigenvalue weighted by Gasteiger charge is 2.21. The Kier molecular flexibility index (Phi) is 4.70. The number of halogens is 1. The van der Waals surface area contributed by atoms with Gasteiger partial charge in [-0.1, -0.05) is 48.9 Å². The molecule has 5 heteroatoms. The van der Waals surface area contributed by atoms with E-state index in [9.17, 15) is 14.9 Å². The summed E-state index contributed by atoms with van der Waals surface area (Å²) in [6.45, 7) is 1.76. The monoisotopic (exact) mass is 303 g/mol. The van der Waals surface area contributed by atoms with E-state index >= 15 is 0 Å². The van der Waals surface area contributed by atoms with E-state index in [-0.39, 0.29) is 23.8 Å². The fourth-order valence-electron chi connectivity index (χ4n) is 2.21. The molecular weight excluding hydrogens is 290 g/mol. The second-order valence-electron chi connectivity index (χ2n) is 4.87. The first-order valence-electron chi connectivity index (χ1n) is 6.51. The number of carbonyl (C=O) groups excluding carboxylic acids is 1. The minimum Gasteiger partial charge on any atom is -0.294 e. The predicted octanol–water partition coefficient (Wildman–Crippen LogP) is 4.31. The third kappa shape index (κ3) is 3.67. The zero-order valence-corrected chi connectivity index (χ0v) is 12.2. The lowest BCUT2D eigenvalue weighted by Gasteiger charge is -2.11. The summed E-state index contributed by atoms with van der Waals surface area (Å²) < 4.78 is 0. The van der Waals surface area contributed by atoms with Crippen LogP contribution in [0.1, 0.15) is 22.8 Å². The molecule has 0 spiro atoms. The van der Waals surface area contributed by atoms with E-state index in [0.29, 0.717) is 16.1 Å². The van der Waals surface area contributed by atoms with Gasteiger partial charge in [0.2, 0.25) is 0 Å². The molecule has 0 bridgehead atoms. The second kappa shape index (κ2) is 6.50. The molecule has 4 nitrogen and oxygen atoms in total. The van der Waals surface area contributed by atoms with Gasteiger partial charge in [0.05, 0.1) is 4.92 Å². The van der Waals surface area contributed by atoms with Crippen LogP contribution in [0.5, 0.6) is 0 Å². The highest BCUT2D eigenvalue weighted by atomic mass is 35.5. The topological polar surface area (TPSA) is 60.2 Å². The number of nitrogens with zero attached hydrogens (tertiary/aromatic N) is 1. The molecule has 1 unspecified atom stereocenters. The highest BCUT2D eigenvalue weighted by molar-refractivity contribution is 6.30. The van der Waals surface area contributed by atoms with Crippen molar-refractivity contribution < 1.29 is 9.72 Å². The molecule has 0 N–H and O–H groups in total. The van der Waals surface area contributed by atoms with Crippen molar-refractivity contribution in [1.82, 2.24) is 0 Å². The molecule has 0 saturated carbocycles. The second-order valence-corrected chi connectivity index (χ2v) is 5.30. The Morgan fingerprint density at radius 2 is 1.90 bits per heavy atom. The summed E-state index contributed by atoms with van der Waals surface area (Å²) in [6, 6.07) is 13.3. The summed E-state index contributed by atoms with van der Waals surface area (Å²) in [7, 11) is 0. The molecule has 2 aromatic carbocycles. The Bertz CT molecular complexity index is 670. The largest absolute Gasteiger partial charge is 0.294 e. The van der Waals surface area contributed by atoms with Crippen molar-refractivity contribution in [2.75, 3.05) is 0 Å². The van der Waals surface area contributed by atoms with E-state index in [1.807, 2.05) is 6.07 Å². The van der Waals surface area contributed by atoms with Gasteiger partial charge in [-0.05, 0) is 18.6 Å². The molecule has 0 saturated heterocycles. The summed E-state index contributed by atoms with van der Waals surface area (Å²) in [6.07, 6.45) is 0.282. The van der Waals surface area contributed by atoms with E-state index < -0.39 is 4.92 Å². The average molecular weight is 304 g/mol. The minimum atomic E-state index is -0.453. The maximum Gasteiger partial charge on any atom is 0.272 e. The summed E-state index contributed by atoms with van der Waals surface area (Å²) in [5.41, 5.74) is 1.08. The standard InChI is InChI=1S/C16H14ClNO3/c1-11(16(19)12-5-3-2-4-6-12)9-13-10-14(17)7-8-15(13)18(20)21/h2-8,10-11H,9H2,1H3. The first kappa shape index (κ1) is 15.2. The van der Waals surface area contributed by atoms with Crippen LogP contribution >= 0.6 is 11.6 Å². The van der Waals surface area contributed by atoms with Crippen LogP contribution in [-0.4, -0.2) is 10.7 Å². The molecule has 0 aromatic heterocycles. The van der Waals surface area contributed by atoms with Crippen LogP contribution in [0.25, 0.3) is 0 Å². The maximum atomic E-state index is 12.3. The van der Waals surface area contributed by atoms with E-state index in [1.54, 1.807) is 37.3 Å². The van der Waals surface area contributed by atoms with Gasteiger partial charge in [-0.25, -0.2) is 0 Å². The van der Waals surface area contributed by atoms with Crippen LogP contribution in [-0.2, 0) is 6.42 Å². The van der Waals surface area contributed by atoms with E-state index in [0.717, 1.165) is 0 Å². The SMILES string of the molecule is CC(Cc1cc(Cl)ccc1[N+](=O)[O-])C(=O)c1ccccc1. The molecule has 0 amide bonds. The molecule has 0 fully saturated rings.